The molecule has 2 heterocycles. The maximum absolute atomic E-state index is 13.7. The second-order valence-electron chi connectivity index (χ2n) is 9.03. The number of nitrogens with zero attached hydrogens (tertiary/aromatic N) is 4. The molecule has 1 aromatic heterocycles. The van der Waals surface area contributed by atoms with Gasteiger partial charge in [0.1, 0.15) is 5.82 Å². The van der Waals surface area contributed by atoms with Gasteiger partial charge in [-0.2, -0.15) is 0 Å². The Morgan fingerprint density at radius 2 is 1.77 bits per heavy atom. The molecule has 0 bridgehead atoms. The first-order valence-corrected chi connectivity index (χ1v) is 13.5. The number of thioether (sulfide) groups is 1. The van der Waals surface area contributed by atoms with E-state index >= 15 is 0 Å². The van der Waals surface area contributed by atoms with Crippen molar-refractivity contribution in [2.45, 2.75) is 63.2 Å². The highest BCUT2D eigenvalue weighted by Crippen LogP contribution is 2.29. The highest BCUT2D eigenvalue weighted by molar-refractivity contribution is 7.99. The van der Waals surface area contributed by atoms with Crippen molar-refractivity contribution >= 4 is 17.7 Å². The second kappa shape index (κ2) is 12.3. The van der Waals surface area contributed by atoms with Gasteiger partial charge in [0.15, 0.2) is 11.0 Å². The van der Waals surface area contributed by atoms with Gasteiger partial charge in [-0.25, -0.2) is 4.39 Å². The molecule has 4 rings (SSSR count). The van der Waals surface area contributed by atoms with Crippen molar-refractivity contribution < 1.29 is 9.18 Å². The first kappa shape index (κ1) is 25.4. The molecule has 6 nitrogen and oxygen atoms in total. The van der Waals surface area contributed by atoms with Crippen LogP contribution in [0.2, 0.25) is 0 Å². The maximum atomic E-state index is 13.7. The molecule has 1 amide bonds. The molecule has 0 aliphatic carbocycles. The number of aromatic nitrogens is 3. The Balaban J connectivity index is 1.52. The Kier molecular flexibility index (Phi) is 8.93. The molecule has 1 fully saturated rings. The number of nitrogens with one attached hydrogen (secondary N) is 1. The molecule has 3 aromatic rings. The zero-order chi connectivity index (χ0) is 24.6. The Labute approximate surface area is 211 Å². The van der Waals surface area contributed by atoms with Crippen molar-refractivity contribution in [1.29, 1.82) is 0 Å². The minimum Gasteiger partial charge on any atom is -0.349 e. The van der Waals surface area contributed by atoms with Crippen molar-refractivity contribution in [3.63, 3.8) is 0 Å². The number of piperidine rings is 1. The van der Waals surface area contributed by atoms with E-state index in [2.05, 4.69) is 34.3 Å². The summed E-state index contributed by atoms with van der Waals surface area (Å²) in [5.41, 5.74) is 1.91. The zero-order valence-corrected chi connectivity index (χ0v) is 21.3. The SMILES string of the molecule is CCCC(NC(=O)CSc1nnc(C(C)N2CCCCC2)n1-c1ccc(F)cc1)c1ccccc1. The van der Waals surface area contributed by atoms with Crippen LogP contribution in [0.1, 0.15) is 69.4 Å². The Morgan fingerprint density at radius 3 is 2.46 bits per heavy atom. The van der Waals surface area contributed by atoms with E-state index in [1.54, 1.807) is 12.1 Å². The Hall–Kier alpha value is -2.71. The van der Waals surface area contributed by atoms with Gasteiger partial charge in [0.25, 0.3) is 0 Å². The molecule has 35 heavy (non-hydrogen) atoms. The van der Waals surface area contributed by atoms with E-state index in [9.17, 15) is 9.18 Å². The molecule has 2 unspecified atom stereocenters. The van der Waals surface area contributed by atoms with E-state index in [4.69, 9.17) is 0 Å². The number of carbonyl (C=O) groups excluding carboxylic acids is 1. The van der Waals surface area contributed by atoms with E-state index in [-0.39, 0.29) is 29.6 Å². The van der Waals surface area contributed by atoms with Crippen molar-refractivity contribution in [2.75, 3.05) is 18.8 Å². The highest BCUT2D eigenvalue weighted by atomic mass is 32.2. The third-order valence-corrected chi connectivity index (χ3v) is 7.43. The van der Waals surface area contributed by atoms with Crippen LogP contribution in [0, 0.1) is 5.82 Å². The molecule has 1 saturated heterocycles. The number of hydrogen-bond donors (Lipinski definition) is 1. The van der Waals surface area contributed by atoms with Gasteiger partial charge in [-0.1, -0.05) is 61.9 Å². The van der Waals surface area contributed by atoms with Gasteiger partial charge >= 0.3 is 0 Å². The number of hydrogen-bond acceptors (Lipinski definition) is 5. The Morgan fingerprint density at radius 1 is 1.06 bits per heavy atom. The van der Waals surface area contributed by atoms with E-state index in [0.717, 1.165) is 43.0 Å². The molecule has 2 aromatic carbocycles. The van der Waals surface area contributed by atoms with Crippen molar-refractivity contribution in [2.24, 2.45) is 0 Å². The minimum absolute atomic E-state index is 0.0149. The molecule has 1 aliphatic rings. The van der Waals surface area contributed by atoms with Crippen LogP contribution < -0.4 is 5.32 Å². The van der Waals surface area contributed by atoms with Gasteiger partial charge in [0, 0.05) is 5.69 Å². The van der Waals surface area contributed by atoms with Crippen LogP contribution in [0.4, 0.5) is 4.39 Å². The van der Waals surface area contributed by atoms with Crippen LogP contribution in [0.3, 0.4) is 0 Å². The lowest BCUT2D eigenvalue weighted by Gasteiger charge is -2.31. The summed E-state index contributed by atoms with van der Waals surface area (Å²) in [6, 6.07) is 16.5. The minimum atomic E-state index is -0.288. The first-order chi connectivity index (χ1) is 17.1. The lowest BCUT2D eigenvalue weighted by molar-refractivity contribution is -0.119. The number of rotatable bonds is 10. The fraction of sp³-hybridized carbons (Fsp3) is 0.444. The average molecular weight is 496 g/mol. The zero-order valence-electron chi connectivity index (χ0n) is 20.5. The quantitative estimate of drug-likeness (QED) is 0.366. The number of carbonyl (C=O) groups is 1. The molecule has 0 spiro atoms. The fourth-order valence-electron chi connectivity index (χ4n) is 4.61. The van der Waals surface area contributed by atoms with Crippen LogP contribution in [-0.2, 0) is 4.79 Å². The van der Waals surface area contributed by atoms with Crippen LogP contribution in [-0.4, -0.2) is 44.4 Å². The van der Waals surface area contributed by atoms with Crippen molar-refractivity contribution in [1.82, 2.24) is 25.0 Å². The molecule has 0 radical (unpaired) electrons. The summed E-state index contributed by atoms with van der Waals surface area (Å²) in [5.74, 6) is 0.708. The van der Waals surface area contributed by atoms with Crippen LogP contribution in [0.15, 0.2) is 59.8 Å². The summed E-state index contributed by atoms with van der Waals surface area (Å²) in [6.07, 6.45) is 5.47. The molecular weight excluding hydrogens is 461 g/mol. The summed E-state index contributed by atoms with van der Waals surface area (Å²) >= 11 is 1.36. The lowest BCUT2D eigenvalue weighted by atomic mass is 10.0. The Bertz CT molecular complexity index is 1080. The van der Waals surface area contributed by atoms with E-state index in [1.165, 1.54) is 43.2 Å². The number of amides is 1. The van der Waals surface area contributed by atoms with Gasteiger partial charge in [0.05, 0.1) is 17.8 Å². The van der Waals surface area contributed by atoms with Crippen LogP contribution in [0.5, 0.6) is 0 Å². The summed E-state index contributed by atoms with van der Waals surface area (Å²) in [7, 11) is 0. The molecule has 1 aliphatic heterocycles. The summed E-state index contributed by atoms with van der Waals surface area (Å²) < 4.78 is 15.6. The smallest absolute Gasteiger partial charge is 0.230 e. The van der Waals surface area contributed by atoms with Gasteiger partial charge in [-0.15, -0.1) is 10.2 Å². The third kappa shape index (κ3) is 6.49. The van der Waals surface area contributed by atoms with E-state index in [0.29, 0.717) is 5.16 Å². The molecule has 186 valence electrons. The standard InChI is InChI=1S/C27H34FN5OS/c1-3-10-24(21-11-6-4-7-12-21)29-25(34)19-35-27-31-30-26(20(2)32-17-8-5-9-18-32)33(27)23-15-13-22(28)14-16-23/h4,6-7,11-16,20,24H,3,5,8-10,17-19H2,1-2H3,(H,29,34). The van der Waals surface area contributed by atoms with Gasteiger partial charge in [-0.05, 0) is 69.1 Å². The molecule has 0 saturated carbocycles. The summed E-state index contributed by atoms with van der Waals surface area (Å²) in [4.78, 5) is 15.3. The monoisotopic (exact) mass is 495 g/mol. The molecule has 2 atom stereocenters. The van der Waals surface area contributed by atoms with E-state index < -0.39 is 0 Å². The average Bonchev–Trinajstić information content (AvgIpc) is 3.32. The second-order valence-corrected chi connectivity index (χ2v) is 9.98. The topological polar surface area (TPSA) is 63.1 Å². The predicted octanol–water partition coefficient (Wildman–Crippen LogP) is 5.70. The molecular formula is C27H34FN5OS. The van der Waals surface area contributed by atoms with Crippen LogP contribution in [0.25, 0.3) is 5.69 Å². The van der Waals surface area contributed by atoms with Gasteiger partial charge in [-0.3, -0.25) is 14.3 Å². The van der Waals surface area contributed by atoms with Gasteiger partial charge < -0.3 is 5.32 Å². The molecule has 8 heteroatoms. The highest BCUT2D eigenvalue weighted by Gasteiger charge is 2.26. The largest absolute Gasteiger partial charge is 0.349 e. The van der Waals surface area contributed by atoms with Crippen LogP contribution >= 0.6 is 11.8 Å². The van der Waals surface area contributed by atoms with Crippen molar-refractivity contribution in [3.05, 3.63) is 71.8 Å². The maximum Gasteiger partial charge on any atom is 0.230 e. The predicted molar refractivity (Wildman–Crippen MR) is 138 cm³/mol. The summed E-state index contributed by atoms with van der Waals surface area (Å²) in [5, 5.41) is 12.8. The third-order valence-electron chi connectivity index (χ3n) is 6.50. The van der Waals surface area contributed by atoms with E-state index in [1.807, 2.05) is 34.9 Å². The van der Waals surface area contributed by atoms with Gasteiger partial charge in [0.2, 0.25) is 5.91 Å². The summed E-state index contributed by atoms with van der Waals surface area (Å²) in [6.45, 7) is 6.32. The fourth-order valence-corrected chi connectivity index (χ4v) is 5.38. The number of likely N-dealkylation sites (tertiary alicyclic amines) is 1. The normalized spacial score (nSPS) is 16.1. The number of halogens is 1. The molecule has 1 N–H and O–H groups in total. The number of benzene rings is 2. The van der Waals surface area contributed by atoms with Crippen molar-refractivity contribution in [3.8, 4) is 5.69 Å². The first-order valence-electron chi connectivity index (χ1n) is 12.5. The lowest BCUT2D eigenvalue weighted by Crippen LogP contribution is -2.33.